The lowest BCUT2D eigenvalue weighted by Crippen LogP contribution is -2.14. The van der Waals surface area contributed by atoms with Crippen LogP contribution in [0.1, 0.15) is 18.2 Å². The van der Waals surface area contributed by atoms with E-state index in [2.05, 4.69) is 4.72 Å². The van der Waals surface area contributed by atoms with Gasteiger partial charge in [-0.3, -0.25) is 4.72 Å². The van der Waals surface area contributed by atoms with Crippen molar-refractivity contribution in [3.05, 3.63) is 65.9 Å². The van der Waals surface area contributed by atoms with E-state index in [0.717, 1.165) is 5.56 Å². The summed E-state index contributed by atoms with van der Waals surface area (Å²) in [7, 11) is -3.77. The maximum atomic E-state index is 12.7. The molecule has 142 valence electrons. The highest BCUT2D eigenvalue weighted by atomic mass is 32.2. The summed E-state index contributed by atoms with van der Waals surface area (Å²) in [4.78, 5) is 0.168. The van der Waals surface area contributed by atoms with Crippen molar-refractivity contribution in [2.45, 2.75) is 25.3 Å². The summed E-state index contributed by atoms with van der Waals surface area (Å²) in [5, 5.41) is 9.16. The van der Waals surface area contributed by atoms with E-state index < -0.39 is 10.0 Å². The van der Waals surface area contributed by atoms with Crippen molar-refractivity contribution in [2.24, 2.45) is 0 Å². The predicted molar refractivity (Wildman–Crippen MR) is 103 cm³/mol. The van der Waals surface area contributed by atoms with Crippen LogP contribution in [0.2, 0.25) is 0 Å². The largest absolute Gasteiger partial charge is 0.492 e. The molecule has 3 aromatic rings. The van der Waals surface area contributed by atoms with Crippen LogP contribution in [0.15, 0.2) is 63.9 Å². The minimum atomic E-state index is -3.77. The summed E-state index contributed by atoms with van der Waals surface area (Å²) in [5.74, 6) is 1.38. The smallest absolute Gasteiger partial charge is 0.262 e. The molecule has 0 radical (unpaired) electrons. The Morgan fingerprint density at radius 3 is 2.44 bits per heavy atom. The molecule has 1 aromatic heterocycles. The van der Waals surface area contributed by atoms with Crippen molar-refractivity contribution in [1.82, 2.24) is 0 Å². The van der Waals surface area contributed by atoms with E-state index in [4.69, 9.17) is 14.3 Å². The number of aryl methyl sites for hydroxylation is 1. The van der Waals surface area contributed by atoms with E-state index in [1.165, 1.54) is 0 Å². The van der Waals surface area contributed by atoms with Gasteiger partial charge in [-0.15, -0.1) is 0 Å². The predicted octanol–water partition coefficient (Wildman–Crippen LogP) is 3.95. The van der Waals surface area contributed by atoms with Gasteiger partial charge in [0.1, 0.15) is 23.9 Å². The highest BCUT2D eigenvalue weighted by molar-refractivity contribution is 7.92. The number of rotatable bonds is 7. The van der Waals surface area contributed by atoms with Gasteiger partial charge in [-0.25, -0.2) is 8.42 Å². The Kier molecular flexibility index (Phi) is 5.53. The van der Waals surface area contributed by atoms with E-state index in [1.807, 2.05) is 13.8 Å². The number of anilines is 1. The highest BCUT2D eigenvalue weighted by Gasteiger charge is 2.18. The summed E-state index contributed by atoms with van der Waals surface area (Å²) in [6.45, 7) is 3.91. The van der Waals surface area contributed by atoms with Crippen LogP contribution in [-0.2, 0) is 16.6 Å². The molecule has 0 atom stereocenters. The summed E-state index contributed by atoms with van der Waals surface area (Å²) in [6, 6.07) is 15.1. The van der Waals surface area contributed by atoms with Gasteiger partial charge in [0.05, 0.1) is 17.2 Å². The van der Waals surface area contributed by atoms with Crippen molar-refractivity contribution in [3.63, 3.8) is 0 Å². The standard InChI is InChI=1S/C20H21NO5S/c1-3-25-20-10-6-15(19-11-7-16(13-22)26-19)12-18(20)21-27(23,24)17-8-4-14(2)5-9-17/h4-12,21-22H,3,13H2,1-2H3. The van der Waals surface area contributed by atoms with Gasteiger partial charge >= 0.3 is 0 Å². The Balaban J connectivity index is 1.98. The van der Waals surface area contributed by atoms with E-state index in [-0.39, 0.29) is 11.5 Å². The first-order valence-electron chi connectivity index (χ1n) is 8.49. The van der Waals surface area contributed by atoms with Crippen molar-refractivity contribution in [3.8, 4) is 17.1 Å². The third kappa shape index (κ3) is 4.32. The van der Waals surface area contributed by atoms with Crippen LogP contribution < -0.4 is 9.46 Å². The maximum absolute atomic E-state index is 12.7. The molecule has 0 fully saturated rings. The Bertz CT molecular complexity index is 1020. The number of sulfonamides is 1. The SMILES string of the molecule is CCOc1ccc(-c2ccc(CO)o2)cc1NS(=O)(=O)c1ccc(C)cc1. The molecule has 0 aliphatic rings. The van der Waals surface area contributed by atoms with Crippen LogP contribution >= 0.6 is 0 Å². The fourth-order valence-corrected chi connectivity index (χ4v) is 3.64. The molecular weight excluding hydrogens is 366 g/mol. The van der Waals surface area contributed by atoms with Crippen LogP contribution in [0.25, 0.3) is 11.3 Å². The Morgan fingerprint density at radius 2 is 1.81 bits per heavy atom. The Labute approximate surface area is 158 Å². The molecule has 0 aliphatic heterocycles. The summed E-state index contributed by atoms with van der Waals surface area (Å²) in [6.07, 6.45) is 0. The van der Waals surface area contributed by atoms with Gasteiger partial charge in [-0.05, 0) is 56.3 Å². The first kappa shape index (κ1) is 19.0. The van der Waals surface area contributed by atoms with Crippen LogP contribution in [0.3, 0.4) is 0 Å². The second-order valence-electron chi connectivity index (χ2n) is 5.99. The zero-order valence-electron chi connectivity index (χ0n) is 15.1. The van der Waals surface area contributed by atoms with E-state index in [0.29, 0.717) is 35.1 Å². The number of aliphatic hydroxyl groups is 1. The molecule has 0 spiro atoms. The molecular formula is C20H21NO5S. The minimum absolute atomic E-state index is 0.168. The number of benzene rings is 2. The number of ether oxygens (including phenoxy) is 1. The zero-order valence-corrected chi connectivity index (χ0v) is 15.9. The normalized spacial score (nSPS) is 11.4. The fraction of sp³-hybridized carbons (Fsp3) is 0.200. The van der Waals surface area contributed by atoms with Gasteiger partial charge in [0, 0.05) is 5.56 Å². The molecule has 0 amide bonds. The molecule has 2 aromatic carbocycles. The lowest BCUT2D eigenvalue weighted by atomic mass is 10.1. The molecule has 6 nitrogen and oxygen atoms in total. The van der Waals surface area contributed by atoms with Crippen LogP contribution in [0.5, 0.6) is 5.75 Å². The molecule has 27 heavy (non-hydrogen) atoms. The van der Waals surface area contributed by atoms with E-state index in [9.17, 15) is 8.42 Å². The number of nitrogens with one attached hydrogen (secondary N) is 1. The maximum Gasteiger partial charge on any atom is 0.262 e. The Morgan fingerprint density at radius 1 is 1.07 bits per heavy atom. The Hall–Kier alpha value is -2.77. The molecule has 2 N–H and O–H groups in total. The molecule has 0 aliphatic carbocycles. The monoisotopic (exact) mass is 387 g/mol. The van der Waals surface area contributed by atoms with Crippen LogP contribution in [0, 0.1) is 6.92 Å². The van der Waals surface area contributed by atoms with Crippen molar-refractivity contribution < 1.29 is 22.7 Å². The molecule has 0 saturated heterocycles. The quantitative estimate of drug-likeness (QED) is 0.641. The molecule has 0 bridgehead atoms. The molecule has 0 saturated carbocycles. The number of aliphatic hydroxyl groups excluding tert-OH is 1. The first-order chi connectivity index (χ1) is 12.9. The second kappa shape index (κ2) is 7.85. The third-order valence-electron chi connectivity index (χ3n) is 3.96. The molecule has 3 rings (SSSR count). The van der Waals surface area contributed by atoms with Gasteiger partial charge in [-0.2, -0.15) is 0 Å². The molecule has 1 heterocycles. The first-order valence-corrected chi connectivity index (χ1v) is 9.97. The third-order valence-corrected chi connectivity index (χ3v) is 5.34. The summed E-state index contributed by atoms with van der Waals surface area (Å²) in [5.41, 5.74) is 1.96. The lowest BCUT2D eigenvalue weighted by molar-refractivity contribution is 0.248. The van der Waals surface area contributed by atoms with E-state index in [1.54, 1.807) is 54.6 Å². The second-order valence-corrected chi connectivity index (χ2v) is 7.67. The minimum Gasteiger partial charge on any atom is -0.492 e. The molecule has 7 heteroatoms. The van der Waals surface area contributed by atoms with E-state index >= 15 is 0 Å². The van der Waals surface area contributed by atoms with Crippen molar-refractivity contribution in [1.29, 1.82) is 0 Å². The van der Waals surface area contributed by atoms with Gasteiger partial charge in [0.25, 0.3) is 10.0 Å². The van der Waals surface area contributed by atoms with Crippen molar-refractivity contribution >= 4 is 15.7 Å². The van der Waals surface area contributed by atoms with Gasteiger partial charge in [0.2, 0.25) is 0 Å². The molecule has 0 unspecified atom stereocenters. The average Bonchev–Trinajstić information content (AvgIpc) is 3.13. The highest BCUT2D eigenvalue weighted by Crippen LogP contribution is 2.33. The van der Waals surface area contributed by atoms with Crippen LogP contribution in [0.4, 0.5) is 5.69 Å². The summed E-state index contributed by atoms with van der Waals surface area (Å²) >= 11 is 0. The topological polar surface area (TPSA) is 88.8 Å². The zero-order chi connectivity index (χ0) is 19.4. The van der Waals surface area contributed by atoms with Gasteiger partial charge in [-0.1, -0.05) is 17.7 Å². The summed E-state index contributed by atoms with van der Waals surface area (Å²) < 4.78 is 39.2. The lowest BCUT2D eigenvalue weighted by Gasteiger charge is -2.14. The number of hydrogen-bond donors (Lipinski definition) is 2. The average molecular weight is 387 g/mol. The number of furan rings is 1. The van der Waals surface area contributed by atoms with Gasteiger partial charge in [0.15, 0.2) is 0 Å². The van der Waals surface area contributed by atoms with Crippen LogP contribution in [-0.4, -0.2) is 20.1 Å². The number of hydrogen-bond acceptors (Lipinski definition) is 5. The van der Waals surface area contributed by atoms with Crippen molar-refractivity contribution in [2.75, 3.05) is 11.3 Å². The fourth-order valence-electron chi connectivity index (χ4n) is 2.58. The van der Waals surface area contributed by atoms with Gasteiger partial charge < -0.3 is 14.3 Å².